The lowest BCUT2D eigenvalue weighted by Crippen LogP contribution is -2.18. The van der Waals surface area contributed by atoms with Crippen LogP contribution in [0.25, 0.3) is 0 Å². The molecule has 5 heteroatoms. The molecule has 0 radical (unpaired) electrons. The van der Waals surface area contributed by atoms with Crippen LogP contribution in [0, 0.1) is 0 Å². The van der Waals surface area contributed by atoms with E-state index >= 15 is 0 Å². The normalized spacial score (nSPS) is 15.8. The van der Waals surface area contributed by atoms with Crippen molar-refractivity contribution in [1.29, 1.82) is 0 Å². The summed E-state index contributed by atoms with van der Waals surface area (Å²) in [6, 6.07) is 3.63. The lowest BCUT2D eigenvalue weighted by molar-refractivity contribution is 0.165. The Morgan fingerprint density at radius 3 is 2.94 bits per heavy atom. The maximum Gasteiger partial charge on any atom is 0.239 e. The molecule has 0 saturated carbocycles. The Kier molecular flexibility index (Phi) is 3.14. The Labute approximate surface area is 95.1 Å². The summed E-state index contributed by atoms with van der Waals surface area (Å²) in [6.45, 7) is 5.49. The molecule has 0 amide bonds. The van der Waals surface area contributed by atoms with E-state index in [4.69, 9.17) is 15.3 Å². The van der Waals surface area contributed by atoms with E-state index in [1.165, 1.54) is 0 Å². The van der Waals surface area contributed by atoms with E-state index in [1.54, 1.807) is 11.1 Å². The van der Waals surface area contributed by atoms with Crippen molar-refractivity contribution in [3.63, 3.8) is 0 Å². The minimum atomic E-state index is 0.0598. The summed E-state index contributed by atoms with van der Waals surface area (Å²) in [5, 5.41) is 1.77. The first-order chi connectivity index (χ1) is 7.66. The van der Waals surface area contributed by atoms with Crippen LogP contribution in [0.4, 0.5) is 11.5 Å². The van der Waals surface area contributed by atoms with Crippen LogP contribution in [-0.2, 0) is 4.84 Å². The number of nitrogens with two attached hydrogens (primary N) is 1. The largest absolute Gasteiger partial charge is 0.473 e. The van der Waals surface area contributed by atoms with Crippen LogP contribution in [0.3, 0.4) is 0 Å². The van der Waals surface area contributed by atoms with Gasteiger partial charge in [0.2, 0.25) is 5.88 Å². The number of aromatic nitrogens is 1. The highest BCUT2D eigenvalue weighted by Crippen LogP contribution is 2.25. The first kappa shape index (κ1) is 11.0. The predicted molar refractivity (Wildman–Crippen MR) is 62.3 cm³/mol. The Hall–Kier alpha value is -1.49. The molecule has 1 aromatic rings. The standard InChI is InChI=1S/C11H17N3O2/c1-8(2)16-11-9(12)4-5-10(13-11)14-6-3-7-15-14/h4-5,8H,3,6-7,12H2,1-2H3. The summed E-state index contributed by atoms with van der Waals surface area (Å²) in [5.41, 5.74) is 6.34. The molecule has 1 aromatic heterocycles. The molecule has 0 bridgehead atoms. The van der Waals surface area contributed by atoms with Gasteiger partial charge in [0.15, 0.2) is 5.82 Å². The molecule has 0 unspecified atom stereocenters. The van der Waals surface area contributed by atoms with Crippen molar-refractivity contribution in [2.24, 2.45) is 0 Å². The SMILES string of the molecule is CC(C)Oc1nc(N2CCCO2)ccc1N. The molecule has 0 aliphatic carbocycles. The van der Waals surface area contributed by atoms with Gasteiger partial charge in [0, 0.05) is 6.54 Å². The first-order valence-electron chi connectivity index (χ1n) is 5.50. The second-order valence-electron chi connectivity index (χ2n) is 4.02. The lowest BCUT2D eigenvalue weighted by Gasteiger charge is -2.17. The Balaban J connectivity index is 2.20. The number of rotatable bonds is 3. The molecule has 5 nitrogen and oxygen atoms in total. The summed E-state index contributed by atoms with van der Waals surface area (Å²) < 4.78 is 5.53. The summed E-state index contributed by atoms with van der Waals surface area (Å²) in [5.74, 6) is 1.23. The van der Waals surface area contributed by atoms with Crippen LogP contribution in [0.2, 0.25) is 0 Å². The number of nitrogen functional groups attached to an aromatic ring is 1. The second kappa shape index (κ2) is 4.57. The number of nitrogens with zero attached hydrogens (tertiary/aromatic N) is 2. The Morgan fingerprint density at radius 2 is 2.31 bits per heavy atom. The highest BCUT2D eigenvalue weighted by atomic mass is 16.7. The Morgan fingerprint density at radius 1 is 1.50 bits per heavy atom. The van der Waals surface area contributed by atoms with Crippen molar-refractivity contribution in [1.82, 2.24) is 4.98 Å². The topological polar surface area (TPSA) is 60.6 Å². The van der Waals surface area contributed by atoms with Gasteiger partial charge in [0.05, 0.1) is 18.4 Å². The van der Waals surface area contributed by atoms with Gasteiger partial charge in [-0.2, -0.15) is 4.98 Å². The van der Waals surface area contributed by atoms with Gasteiger partial charge in [-0.25, -0.2) is 5.06 Å². The van der Waals surface area contributed by atoms with Crippen molar-refractivity contribution in [2.45, 2.75) is 26.4 Å². The van der Waals surface area contributed by atoms with Crippen LogP contribution >= 0.6 is 0 Å². The molecule has 1 saturated heterocycles. The van der Waals surface area contributed by atoms with E-state index in [-0.39, 0.29) is 6.10 Å². The van der Waals surface area contributed by atoms with Crippen molar-refractivity contribution < 1.29 is 9.57 Å². The fraction of sp³-hybridized carbons (Fsp3) is 0.545. The third-order valence-corrected chi connectivity index (χ3v) is 2.23. The average Bonchev–Trinajstić information content (AvgIpc) is 2.73. The third-order valence-electron chi connectivity index (χ3n) is 2.23. The number of hydroxylamine groups is 1. The van der Waals surface area contributed by atoms with Crippen LogP contribution in [-0.4, -0.2) is 24.2 Å². The molecule has 2 rings (SSSR count). The molecule has 2 N–H and O–H groups in total. The maximum absolute atomic E-state index is 5.79. The summed E-state index contributed by atoms with van der Waals surface area (Å²) in [4.78, 5) is 9.76. The van der Waals surface area contributed by atoms with E-state index in [0.717, 1.165) is 25.4 Å². The van der Waals surface area contributed by atoms with Gasteiger partial charge in [0.25, 0.3) is 0 Å². The van der Waals surface area contributed by atoms with Gasteiger partial charge in [-0.3, -0.25) is 4.84 Å². The fourth-order valence-corrected chi connectivity index (χ4v) is 1.53. The van der Waals surface area contributed by atoms with Crippen molar-refractivity contribution in [3.05, 3.63) is 12.1 Å². The number of hydrogen-bond donors (Lipinski definition) is 1. The molecule has 16 heavy (non-hydrogen) atoms. The van der Waals surface area contributed by atoms with Crippen LogP contribution < -0.4 is 15.5 Å². The van der Waals surface area contributed by atoms with Crippen LogP contribution in [0.1, 0.15) is 20.3 Å². The minimum Gasteiger partial charge on any atom is -0.473 e. The third kappa shape index (κ3) is 2.36. The predicted octanol–water partition coefficient (Wildman–Crippen LogP) is 1.59. The lowest BCUT2D eigenvalue weighted by atomic mass is 10.3. The van der Waals surface area contributed by atoms with E-state index in [9.17, 15) is 0 Å². The quantitative estimate of drug-likeness (QED) is 0.843. The smallest absolute Gasteiger partial charge is 0.239 e. The molecule has 0 atom stereocenters. The highest BCUT2D eigenvalue weighted by molar-refractivity contribution is 5.54. The number of pyridine rings is 1. The monoisotopic (exact) mass is 223 g/mol. The highest BCUT2D eigenvalue weighted by Gasteiger charge is 2.16. The molecule has 1 aliphatic heterocycles. The second-order valence-corrected chi connectivity index (χ2v) is 4.02. The van der Waals surface area contributed by atoms with E-state index < -0.39 is 0 Å². The number of hydrogen-bond acceptors (Lipinski definition) is 5. The van der Waals surface area contributed by atoms with Gasteiger partial charge in [-0.1, -0.05) is 0 Å². The number of ether oxygens (including phenoxy) is 1. The van der Waals surface area contributed by atoms with Gasteiger partial charge >= 0.3 is 0 Å². The number of anilines is 2. The van der Waals surface area contributed by atoms with E-state index in [1.807, 2.05) is 19.9 Å². The molecule has 88 valence electrons. The van der Waals surface area contributed by atoms with Crippen LogP contribution in [0.15, 0.2) is 12.1 Å². The average molecular weight is 223 g/mol. The maximum atomic E-state index is 5.79. The molecule has 1 aliphatic rings. The molecular weight excluding hydrogens is 206 g/mol. The van der Waals surface area contributed by atoms with E-state index in [2.05, 4.69) is 4.98 Å². The van der Waals surface area contributed by atoms with Gasteiger partial charge < -0.3 is 10.5 Å². The minimum absolute atomic E-state index is 0.0598. The summed E-state index contributed by atoms with van der Waals surface area (Å²) in [7, 11) is 0. The summed E-state index contributed by atoms with van der Waals surface area (Å²) in [6.07, 6.45) is 1.08. The van der Waals surface area contributed by atoms with Crippen molar-refractivity contribution in [3.8, 4) is 5.88 Å². The zero-order chi connectivity index (χ0) is 11.5. The van der Waals surface area contributed by atoms with Crippen LogP contribution in [0.5, 0.6) is 5.88 Å². The summed E-state index contributed by atoms with van der Waals surface area (Å²) >= 11 is 0. The molecule has 0 spiro atoms. The van der Waals surface area contributed by atoms with Crippen molar-refractivity contribution in [2.75, 3.05) is 23.9 Å². The fourth-order valence-electron chi connectivity index (χ4n) is 1.53. The molecular formula is C11H17N3O2. The van der Waals surface area contributed by atoms with Gasteiger partial charge in [-0.05, 0) is 32.4 Å². The first-order valence-corrected chi connectivity index (χ1v) is 5.50. The zero-order valence-electron chi connectivity index (χ0n) is 9.64. The van der Waals surface area contributed by atoms with Gasteiger partial charge in [0.1, 0.15) is 0 Å². The van der Waals surface area contributed by atoms with Gasteiger partial charge in [-0.15, -0.1) is 0 Å². The van der Waals surface area contributed by atoms with E-state index in [0.29, 0.717) is 11.6 Å². The molecule has 2 heterocycles. The molecule has 1 fully saturated rings. The van der Waals surface area contributed by atoms with Crippen molar-refractivity contribution >= 4 is 11.5 Å². The molecule has 0 aromatic carbocycles. The zero-order valence-corrected chi connectivity index (χ0v) is 9.64. The Bertz CT molecular complexity index is 362.